The topological polar surface area (TPSA) is 0 Å². The summed E-state index contributed by atoms with van der Waals surface area (Å²) in [5.41, 5.74) is 0.563. The molecule has 0 aromatic carbocycles. The Morgan fingerprint density at radius 3 is 2.67 bits per heavy atom. The predicted molar refractivity (Wildman–Crippen MR) is 68.9 cm³/mol. The fourth-order valence-corrected chi connectivity index (χ4v) is 2.92. The molecule has 0 amide bonds. The van der Waals surface area contributed by atoms with E-state index in [4.69, 9.17) is 0 Å². The maximum Gasteiger partial charge on any atom is -0.00779 e. The van der Waals surface area contributed by atoms with E-state index in [1.165, 1.54) is 38.5 Å². The van der Waals surface area contributed by atoms with Crippen LogP contribution in [0.25, 0.3) is 0 Å². The zero-order valence-corrected chi connectivity index (χ0v) is 10.6. The van der Waals surface area contributed by atoms with E-state index in [1.54, 1.807) is 0 Å². The Morgan fingerprint density at radius 2 is 2.07 bits per heavy atom. The van der Waals surface area contributed by atoms with Crippen molar-refractivity contribution in [2.24, 2.45) is 11.3 Å². The van der Waals surface area contributed by atoms with Gasteiger partial charge in [-0.1, -0.05) is 64.3 Å². The van der Waals surface area contributed by atoms with Gasteiger partial charge in [0.2, 0.25) is 0 Å². The van der Waals surface area contributed by atoms with Gasteiger partial charge in [-0.3, -0.25) is 0 Å². The molecule has 86 valence electrons. The summed E-state index contributed by atoms with van der Waals surface area (Å²) < 4.78 is 0. The molecule has 0 radical (unpaired) electrons. The normalized spacial score (nSPS) is 33.7. The van der Waals surface area contributed by atoms with Gasteiger partial charge in [0, 0.05) is 0 Å². The summed E-state index contributed by atoms with van der Waals surface area (Å²) in [6.45, 7) is 6.34. The fourth-order valence-electron chi connectivity index (χ4n) is 2.92. The smallest absolute Gasteiger partial charge is 0.00779 e. The molecule has 0 heterocycles. The second-order valence-electron chi connectivity index (χ2n) is 4.72. The van der Waals surface area contributed by atoms with Gasteiger partial charge in [-0.2, -0.15) is 0 Å². The molecule has 2 rings (SSSR count). The summed E-state index contributed by atoms with van der Waals surface area (Å²) in [5, 5.41) is 0. The van der Waals surface area contributed by atoms with Crippen molar-refractivity contribution >= 4 is 0 Å². The van der Waals surface area contributed by atoms with Crippen LogP contribution in [0.5, 0.6) is 0 Å². The molecule has 0 aliphatic heterocycles. The summed E-state index contributed by atoms with van der Waals surface area (Å²) in [4.78, 5) is 0. The van der Waals surface area contributed by atoms with E-state index in [0.717, 1.165) is 5.92 Å². The maximum absolute atomic E-state index is 2.47. The van der Waals surface area contributed by atoms with Gasteiger partial charge in [0.05, 0.1) is 0 Å². The minimum absolute atomic E-state index is 0.563. The molecule has 0 saturated heterocycles. The summed E-state index contributed by atoms with van der Waals surface area (Å²) in [6.07, 6.45) is 17.7. The predicted octanol–water partition coefficient (Wildman–Crippen LogP) is 5.12. The molecule has 2 unspecified atom stereocenters. The van der Waals surface area contributed by atoms with Crippen molar-refractivity contribution in [1.82, 2.24) is 0 Å². The highest BCUT2D eigenvalue weighted by molar-refractivity contribution is 5.17. The van der Waals surface area contributed by atoms with Gasteiger partial charge in [-0.05, 0) is 30.6 Å². The molecule has 0 bridgehead atoms. The van der Waals surface area contributed by atoms with Crippen LogP contribution < -0.4 is 0 Å². The molecule has 0 N–H and O–H groups in total. The molecule has 15 heavy (non-hydrogen) atoms. The van der Waals surface area contributed by atoms with Gasteiger partial charge in [-0.25, -0.2) is 0 Å². The first kappa shape index (κ1) is 12.5. The lowest BCUT2D eigenvalue weighted by molar-refractivity contribution is 0.188. The van der Waals surface area contributed by atoms with Crippen LogP contribution in [-0.2, 0) is 0 Å². The molecular formula is C15H26. The van der Waals surface area contributed by atoms with Gasteiger partial charge in [-0.15, -0.1) is 0 Å². The first-order valence-corrected chi connectivity index (χ1v) is 6.69. The van der Waals surface area contributed by atoms with Crippen LogP contribution in [-0.4, -0.2) is 0 Å². The third kappa shape index (κ3) is 3.22. The molecule has 0 nitrogen and oxygen atoms in total. The second kappa shape index (κ2) is 6.15. The highest BCUT2D eigenvalue weighted by Gasteiger charge is 2.32. The first-order valence-electron chi connectivity index (χ1n) is 6.69. The van der Waals surface area contributed by atoms with Crippen LogP contribution >= 0.6 is 0 Å². The summed E-state index contributed by atoms with van der Waals surface area (Å²) >= 11 is 0. The van der Waals surface area contributed by atoms with Crippen molar-refractivity contribution in [2.75, 3.05) is 0 Å². The van der Waals surface area contributed by atoms with E-state index in [0.29, 0.717) is 5.41 Å². The standard InChI is InChI=1S/C13H20.C2H6/c1-2-12-7-6-10-13(11-12)8-4-3-5-9-13;1-2/h3-5,8,12H,2,6-7,9-11H2,1H3;1-2H3. The SMILES string of the molecule is CC.CCC1CCCC2(C=CC=CC2)C1. The number of hydrogen-bond donors (Lipinski definition) is 0. The quantitative estimate of drug-likeness (QED) is 0.559. The zero-order valence-electron chi connectivity index (χ0n) is 10.6. The molecule has 0 aromatic rings. The lowest BCUT2D eigenvalue weighted by atomic mass is 9.66. The lowest BCUT2D eigenvalue weighted by Gasteiger charge is -2.39. The van der Waals surface area contributed by atoms with Gasteiger partial charge in [0.25, 0.3) is 0 Å². The molecule has 1 spiro atoms. The summed E-state index contributed by atoms with van der Waals surface area (Å²) in [5.74, 6) is 0.991. The van der Waals surface area contributed by atoms with Crippen molar-refractivity contribution in [3.63, 3.8) is 0 Å². The van der Waals surface area contributed by atoms with Gasteiger partial charge in [0.1, 0.15) is 0 Å². The molecule has 1 saturated carbocycles. The maximum atomic E-state index is 2.47. The Hall–Kier alpha value is -0.520. The van der Waals surface area contributed by atoms with Crippen LogP contribution in [0.1, 0.15) is 59.3 Å². The largest absolute Gasteiger partial charge is 0.0837 e. The minimum Gasteiger partial charge on any atom is -0.0837 e. The van der Waals surface area contributed by atoms with Crippen LogP contribution in [0, 0.1) is 11.3 Å². The van der Waals surface area contributed by atoms with E-state index in [-0.39, 0.29) is 0 Å². The second-order valence-corrected chi connectivity index (χ2v) is 4.72. The molecule has 2 aliphatic rings. The van der Waals surface area contributed by atoms with Crippen LogP contribution in [0.4, 0.5) is 0 Å². The molecule has 2 aliphatic carbocycles. The average Bonchev–Trinajstić information content (AvgIpc) is 2.33. The van der Waals surface area contributed by atoms with Crippen molar-refractivity contribution in [2.45, 2.75) is 59.3 Å². The van der Waals surface area contributed by atoms with E-state index in [1.807, 2.05) is 13.8 Å². The molecular weight excluding hydrogens is 180 g/mol. The fraction of sp³-hybridized carbons (Fsp3) is 0.733. The van der Waals surface area contributed by atoms with E-state index in [9.17, 15) is 0 Å². The van der Waals surface area contributed by atoms with Gasteiger partial charge >= 0.3 is 0 Å². The first-order chi connectivity index (χ1) is 7.35. The number of allylic oxidation sites excluding steroid dienone is 4. The monoisotopic (exact) mass is 206 g/mol. The summed E-state index contributed by atoms with van der Waals surface area (Å²) in [7, 11) is 0. The third-order valence-corrected chi connectivity index (χ3v) is 3.78. The van der Waals surface area contributed by atoms with Crippen molar-refractivity contribution in [1.29, 1.82) is 0 Å². The van der Waals surface area contributed by atoms with Crippen LogP contribution in [0.2, 0.25) is 0 Å². The third-order valence-electron chi connectivity index (χ3n) is 3.78. The van der Waals surface area contributed by atoms with Crippen LogP contribution in [0.15, 0.2) is 24.3 Å². The van der Waals surface area contributed by atoms with E-state index in [2.05, 4.69) is 31.2 Å². The van der Waals surface area contributed by atoms with Crippen molar-refractivity contribution in [3.05, 3.63) is 24.3 Å². The van der Waals surface area contributed by atoms with Gasteiger partial charge < -0.3 is 0 Å². The van der Waals surface area contributed by atoms with E-state index >= 15 is 0 Å². The van der Waals surface area contributed by atoms with Crippen molar-refractivity contribution < 1.29 is 0 Å². The Morgan fingerprint density at radius 1 is 1.27 bits per heavy atom. The summed E-state index contributed by atoms with van der Waals surface area (Å²) in [6, 6.07) is 0. The molecule has 2 atom stereocenters. The number of rotatable bonds is 1. The van der Waals surface area contributed by atoms with Gasteiger partial charge in [0.15, 0.2) is 0 Å². The zero-order chi connectivity index (χ0) is 11.1. The Bertz CT molecular complexity index is 224. The minimum atomic E-state index is 0.563. The highest BCUT2D eigenvalue weighted by atomic mass is 14.4. The van der Waals surface area contributed by atoms with Crippen LogP contribution in [0.3, 0.4) is 0 Å². The molecule has 0 aromatic heterocycles. The number of hydrogen-bond acceptors (Lipinski definition) is 0. The highest BCUT2D eigenvalue weighted by Crippen LogP contribution is 2.45. The lowest BCUT2D eigenvalue weighted by Crippen LogP contribution is -2.27. The Balaban J connectivity index is 0.000000531. The average molecular weight is 206 g/mol. The molecule has 1 fully saturated rings. The van der Waals surface area contributed by atoms with Crippen molar-refractivity contribution in [3.8, 4) is 0 Å². The Labute approximate surface area is 95.5 Å². The Kier molecular flexibility index (Phi) is 5.14. The molecule has 0 heteroatoms. The van der Waals surface area contributed by atoms with E-state index < -0.39 is 0 Å².